The normalized spacial score (nSPS) is 10.4. The highest BCUT2D eigenvalue weighted by Gasteiger charge is 2.17. The molecular formula is C24H23ClN4O2S. The Hall–Kier alpha value is -3.21. The number of anilines is 1. The van der Waals surface area contributed by atoms with E-state index >= 15 is 0 Å². The lowest BCUT2D eigenvalue weighted by atomic mass is 10.1. The number of nitrogens with one attached hydrogen (secondary N) is 1. The van der Waals surface area contributed by atoms with Crippen molar-refractivity contribution in [3.8, 4) is 17.3 Å². The minimum absolute atomic E-state index is 0.0685. The summed E-state index contributed by atoms with van der Waals surface area (Å²) in [5, 5.41) is 13.2. The summed E-state index contributed by atoms with van der Waals surface area (Å²) in [6, 6.07) is 18.7. The number of hydrogen-bond acceptors (Lipinski definition) is 5. The Morgan fingerprint density at radius 3 is 2.53 bits per heavy atom. The summed E-state index contributed by atoms with van der Waals surface area (Å²) in [5.74, 6) is -0.399. The van der Waals surface area contributed by atoms with Crippen molar-refractivity contribution in [3.63, 3.8) is 0 Å². The number of hydrogen-bond donors (Lipinski definition) is 1. The molecule has 3 rings (SSSR count). The van der Waals surface area contributed by atoms with Crippen molar-refractivity contribution < 1.29 is 9.59 Å². The summed E-state index contributed by atoms with van der Waals surface area (Å²) in [6.45, 7) is 2.60. The molecule has 0 saturated carbocycles. The molecule has 3 aromatic rings. The van der Waals surface area contributed by atoms with Crippen LogP contribution in [0.4, 0.5) is 5.69 Å². The molecule has 1 N–H and O–H groups in total. The molecule has 0 spiro atoms. The number of halogens is 1. The van der Waals surface area contributed by atoms with Gasteiger partial charge in [-0.15, -0.1) is 11.3 Å². The molecule has 2 amide bonds. The predicted octanol–water partition coefficient (Wildman–Crippen LogP) is 5.12. The van der Waals surface area contributed by atoms with Gasteiger partial charge in [0.2, 0.25) is 11.8 Å². The number of rotatable bonds is 9. The molecule has 164 valence electrons. The minimum Gasteiger partial charge on any atom is -0.350 e. The van der Waals surface area contributed by atoms with Crippen LogP contribution < -0.4 is 10.2 Å². The third kappa shape index (κ3) is 6.39. The van der Waals surface area contributed by atoms with Crippen LogP contribution in [0.3, 0.4) is 0 Å². The zero-order chi connectivity index (χ0) is 22.9. The van der Waals surface area contributed by atoms with Crippen LogP contribution in [0.2, 0.25) is 5.02 Å². The van der Waals surface area contributed by atoms with E-state index in [-0.39, 0.29) is 31.1 Å². The number of aromatic nitrogens is 1. The van der Waals surface area contributed by atoms with Crippen molar-refractivity contribution in [1.29, 1.82) is 5.26 Å². The third-order valence-corrected chi connectivity index (χ3v) is 6.00. The Balaban J connectivity index is 1.53. The first-order chi connectivity index (χ1) is 15.5. The van der Waals surface area contributed by atoms with E-state index < -0.39 is 0 Å². The maximum Gasteiger partial charge on any atom is 0.227 e. The monoisotopic (exact) mass is 466 g/mol. The summed E-state index contributed by atoms with van der Waals surface area (Å²) in [7, 11) is 0. The Bertz CT molecular complexity index is 1110. The van der Waals surface area contributed by atoms with Gasteiger partial charge in [-0.25, -0.2) is 4.98 Å². The van der Waals surface area contributed by atoms with Gasteiger partial charge >= 0.3 is 0 Å². The smallest absolute Gasteiger partial charge is 0.227 e. The van der Waals surface area contributed by atoms with Crippen LogP contribution in [0.15, 0.2) is 54.6 Å². The van der Waals surface area contributed by atoms with E-state index in [9.17, 15) is 9.59 Å². The summed E-state index contributed by atoms with van der Waals surface area (Å²) in [5.41, 5.74) is 2.58. The highest BCUT2D eigenvalue weighted by molar-refractivity contribution is 7.12. The highest BCUT2D eigenvalue weighted by Crippen LogP contribution is 2.28. The van der Waals surface area contributed by atoms with E-state index in [1.807, 2.05) is 61.5 Å². The number of nitrogens with zero attached hydrogens (tertiary/aromatic N) is 3. The van der Waals surface area contributed by atoms with Gasteiger partial charge in [-0.05, 0) is 31.2 Å². The van der Waals surface area contributed by atoms with Crippen LogP contribution in [0.1, 0.15) is 29.1 Å². The van der Waals surface area contributed by atoms with Crippen LogP contribution in [-0.4, -0.2) is 23.3 Å². The van der Waals surface area contributed by atoms with Crippen molar-refractivity contribution in [2.24, 2.45) is 0 Å². The van der Waals surface area contributed by atoms with E-state index in [1.54, 1.807) is 4.90 Å². The van der Waals surface area contributed by atoms with Crippen LogP contribution in [0.5, 0.6) is 0 Å². The second-order valence-corrected chi connectivity index (χ2v) is 8.81. The molecule has 0 bridgehead atoms. The number of nitriles is 1. The lowest BCUT2D eigenvalue weighted by Gasteiger charge is -2.21. The first-order valence-electron chi connectivity index (χ1n) is 10.2. The number of para-hydroxylation sites is 1. The molecule has 0 aliphatic heterocycles. The van der Waals surface area contributed by atoms with Gasteiger partial charge in [0.25, 0.3) is 0 Å². The number of aryl methyl sites for hydroxylation is 1. The van der Waals surface area contributed by atoms with E-state index in [0.717, 1.165) is 26.8 Å². The van der Waals surface area contributed by atoms with Crippen molar-refractivity contribution in [3.05, 3.63) is 69.5 Å². The number of carbonyl (C=O) groups excluding carboxylic acids is 2. The molecule has 1 heterocycles. The summed E-state index contributed by atoms with van der Waals surface area (Å²) in [6.07, 6.45) is 0.369. The van der Waals surface area contributed by atoms with Gasteiger partial charge in [0, 0.05) is 40.5 Å². The van der Waals surface area contributed by atoms with E-state index in [4.69, 9.17) is 16.9 Å². The summed E-state index contributed by atoms with van der Waals surface area (Å²) in [4.78, 5) is 32.2. The molecule has 8 heteroatoms. The lowest BCUT2D eigenvalue weighted by Crippen LogP contribution is -2.33. The van der Waals surface area contributed by atoms with Crippen LogP contribution in [0.25, 0.3) is 11.3 Å². The molecule has 2 aromatic carbocycles. The zero-order valence-electron chi connectivity index (χ0n) is 17.7. The van der Waals surface area contributed by atoms with Crippen molar-refractivity contribution in [2.75, 3.05) is 11.4 Å². The van der Waals surface area contributed by atoms with Gasteiger partial charge in [0.15, 0.2) is 0 Å². The van der Waals surface area contributed by atoms with Crippen molar-refractivity contribution >= 4 is 40.4 Å². The van der Waals surface area contributed by atoms with E-state index in [0.29, 0.717) is 18.1 Å². The Kier molecular flexibility index (Phi) is 8.37. The quantitative estimate of drug-likeness (QED) is 0.474. The number of thiazole rings is 1. The molecule has 0 aliphatic rings. The predicted molar refractivity (Wildman–Crippen MR) is 127 cm³/mol. The Morgan fingerprint density at radius 2 is 1.84 bits per heavy atom. The summed E-state index contributed by atoms with van der Waals surface area (Å²) >= 11 is 7.48. The lowest BCUT2D eigenvalue weighted by molar-refractivity contribution is -0.125. The molecule has 0 saturated heterocycles. The fourth-order valence-electron chi connectivity index (χ4n) is 3.19. The Labute approximate surface area is 196 Å². The number of amides is 2. The maximum absolute atomic E-state index is 12.7. The third-order valence-electron chi connectivity index (χ3n) is 4.78. The van der Waals surface area contributed by atoms with Crippen LogP contribution in [0, 0.1) is 18.3 Å². The molecule has 0 aliphatic carbocycles. The van der Waals surface area contributed by atoms with Crippen molar-refractivity contribution in [2.45, 2.75) is 32.7 Å². The van der Waals surface area contributed by atoms with Gasteiger partial charge in [0.1, 0.15) is 5.01 Å². The fraction of sp³-hybridized carbons (Fsp3) is 0.250. The molecule has 1 aromatic heterocycles. The molecule has 0 radical (unpaired) electrons. The second kappa shape index (κ2) is 11.4. The zero-order valence-corrected chi connectivity index (χ0v) is 19.2. The molecule has 32 heavy (non-hydrogen) atoms. The van der Waals surface area contributed by atoms with Gasteiger partial charge in [-0.1, -0.05) is 41.9 Å². The average Bonchev–Trinajstić information content (AvgIpc) is 3.18. The molecule has 0 fully saturated rings. The second-order valence-electron chi connectivity index (χ2n) is 7.09. The maximum atomic E-state index is 12.7. The first kappa shape index (κ1) is 23.5. The van der Waals surface area contributed by atoms with Gasteiger partial charge in [-0.3, -0.25) is 9.59 Å². The summed E-state index contributed by atoms with van der Waals surface area (Å²) < 4.78 is 0. The SMILES string of the molecule is Cc1sc(CNC(=O)CCC(=O)N(CCC#N)c2ccccc2)nc1-c1ccc(Cl)cc1. The standard InChI is InChI=1S/C24H23ClN4O2S/c1-17-24(18-8-10-19(25)11-9-18)28-22(32-17)16-27-21(30)12-13-23(31)29(15-5-14-26)20-6-3-2-4-7-20/h2-4,6-11H,5,12-13,15-16H2,1H3,(H,27,30). The Morgan fingerprint density at radius 1 is 1.12 bits per heavy atom. The van der Waals surface area contributed by atoms with Gasteiger partial charge < -0.3 is 10.2 Å². The van der Waals surface area contributed by atoms with Crippen LogP contribution in [-0.2, 0) is 16.1 Å². The molecule has 0 unspecified atom stereocenters. The number of carbonyl (C=O) groups is 2. The molecule has 0 atom stereocenters. The largest absolute Gasteiger partial charge is 0.350 e. The molecular weight excluding hydrogens is 444 g/mol. The fourth-order valence-corrected chi connectivity index (χ4v) is 4.21. The van der Waals surface area contributed by atoms with E-state index in [2.05, 4.69) is 16.4 Å². The number of benzene rings is 2. The van der Waals surface area contributed by atoms with Crippen molar-refractivity contribution in [1.82, 2.24) is 10.3 Å². The van der Waals surface area contributed by atoms with Crippen LogP contribution >= 0.6 is 22.9 Å². The highest BCUT2D eigenvalue weighted by atomic mass is 35.5. The molecule has 6 nitrogen and oxygen atoms in total. The van der Waals surface area contributed by atoms with Gasteiger partial charge in [-0.2, -0.15) is 5.26 Å². The van der Waals surface area contributed by atoms with E-state index in [1.165, 1.54) is 11.3 Å². The topological polar surface area (TPSA) is 86.1 Å². The van der Waals surface area contributed by atoms with Gasteiger partial charge in [0.05, 0.1) is 24.7 Å². The first-order valence-corrected chi connectivity index (χ1v) is 11.4. The minimum atomic E-state index is -0.215. The average molecular weight is 467 g/mol.